The van der Waals surface area contributed by atoms with Crippen LogP contribution in [-0.2, 0) is 0 Å². The second kappa shape index (κ2) is 6.95. The van der Waals surface area contributed by atoms with Gasteiger partial charge in [0.2, 0.25) is 0 Å². The summed E-state index contributed by atoms with van der Waals surface area (Å²) in [6.07, 6.45) is 5.95. The number of aliphatic imine (C=N–C) groups is 1. The molecule has 0 unspecified atom stereocenters. The van der Waals surface area contributed by atoms with E-state index in [1.807, 2.05) is 0 Å². The zero-order chi connectivity index (χ0) is 11.1. The van der Waals surface area contributed by atoms with E-state index in [1.165, 1.54) is 25.7 Å². The smallest absolute Gasteiger partial charge is 0.185 e. The van der Waals surface area contributed by atoms with E-state index in [0.717, 1.165) is 19.5 Å². The van der Waals surface area contributed by atoms with Crippen molar-refractivity contribution in [3.8, 4) is 0 Å². The van der Waals surface area contributed by atoms with E-state index in [2.05, 4.69) is 22.9 Å². The minimum absolute atomic E-state index is 0.186. The summed E-state index contributed by atoms with van der Waals surface area (Å²) < 4.78 is 0. The highest BCUT2D eigenvalue weighted by Gasteiger charge is 2.17. The van der Waals surface area contributed by atoms with Crippen LogP contribution in [0.3, 0.4) is 0 Å². The Morgan fingerprint density at radius 3 is 2.53 bits per heavy atom. The Bertz CT molecular complexity index is 196. The molecule has 5 heteroatoms. The number of hydrogen-bond acceptors (Lipinski definition) is 3. The summed E-state index contributed by atoms with van der Waals surface area (Å²) in [5.74, 6) is 0.186. The third-order valence-electron chi connectivity index (χ3n) is 2.76. The van der Waals surface area contributed by atoms with Gasteiger partial charge in [-0.05, 0) is 38.6 Å². The lowest BCUT2D eigenvalue weighted by molar-refractivity contribution is 0.380. The third-order valence-corrected chi connectivity index (χ3v) is 3.28. The molecule has 1 aliphatic rings. The first-order valence-corrected chi connectivity index (χ1v) is 6.17. The maximum atomic E-state index is 5.23. The second-order valence-electron chi connectivity index (χ2n) is 4.12. The van der Waals surface area contributed by atoms with E-state index < -0.39 is 0 Å². The van der Waals surface area contributed by atoms with Gasteiger partial charge in [-0.1, -0.05) is 0 Å². The van der Waals surface area contributed by atoms with Crippen LogP contribution in [0.4, 0.5) is 0 Å². The van der Waals surface area contributed by atoms with E-state index in [4.69, 9.17) is 11.5 Å². The lowest BCUT2D eigenvalue weighted by Gasteiger charge is -2.26. The van der Waals surface area contributed by atoms with Crippen LogP contribution in [0.25, 0.3) is 0 Å². The lowest BCUT2D eigenvalue weighted by Crippen LogP contribution is -2.34. The molecule has 0 saturated heterocycles. The van der Waals surface area contributed by atoms with Crippen LogP contribution in [0.2, 0.25) is 0 Å². The molecular formula is C10H22N4S. The first-order valence-electron chi connectivity index (χ1n) is 5.65. The van der Waals surface area contributed by atoms with E-state index >= 15 is 0 Å². The Morgan fingerprint density at radius 2 is 1.93 bits per heavy atom. The Kier molecular flexibility index (Phi) is 5.86. The number of nitrogens with two attached hydrogens (primary N) is 2. The van der Waals surface area contributed by atoms with Crippen molar-refractivity contribution in [1.29, 1.82) is 0 Å². The SMILES string of the molecule is NC(N)=NCCCNC1CCC(S)CC1. The van der Waals surface area contributed by atoms with E-state index in [1.54, 1.807) is 0 Å². The van der Waals surface area contributed by atoms with Crippen LogP contribution in [0, 0.1) is 0 Å². The molecule has 0 spiro atoms. The number of rotatable bonds is 5. The summed E-state index contributed by atoms with van der Waals surface area (Å²) in [4.78, 5) is 3.94. The summed E-state index contributed by atoms with van der Waals surface area (Å²) in [6, 6.07) is 0.674. The normalized spacial score (nSPS) is 26.2. The minimum Gasteiger partial charge on any atom is -0.370 e. The summed E-state index contributed by atoms with van der Waals surface area (Å²) >= 11 is 4.48. The van der Waals surface area contributed by atoms with Crippen molar-refractivity contribution < 1.29 is 0 Å². The molecule has 0 aromatic heterocycles. The van der Waals surface area contributed by atoms with Crippen molar-refractivity contribution in [1.82, 2.24) is 5.32 Å². The van der Waals surface area contributed by atoms with Gasteiger partial charge in [0.05, 0.1) is 0 Å². The molecule has 0 heterocycles. The lowest BCUT2D eigenvalue weighted by atomic mass is 9.95. The van der Waals surface area contributed by atoms with Crippen molar-refractivity contribution in [2.24, 2.45) is 16.5 Å². The van der Waals surface area contributed by atoms with Gasteiger partial charge in [-0.15, -0.1) is 0 Å². The molecule has 1 rings (SSSR count). The predicted octanol–water partition coefficient (Wildman–Crippen LogP) is 0.480. The fourth-order valence-corrected chi connectivity index (χ4v) is 2.17. The summed E-state index contributed by atoms with van der Waals surface area (Å²) in [5, 5.41) is 4.15. The van der Waals surface area contributed by atoms with Crippen molar-refractivity contribution in [2.75, 3.05) is 13.1 Å². The summed E-state index contributed by atoms with van der Waals surface area (Å²) in [7, 11) is 0. The zero-order valence-corrected chi connectivity index (χ0v) is 10.0. The number of guanidine groups is 1. The van der Waals surface area contributed by atoms with Gasteiger partial charge >= 0.3 is 0 Å². The summed E-state index contributed by atoms with van der Waals surface area (Å²) in [5.41, 5.74) is 10.5. The zero-order valence-electron chi connectivity index (χ0n) is 9.15. The second-order valence-corrected chi connectivity index (χ2v) is 4.85. The number of nitrogens with zero attached hydrogens (tertiary/aromatic N) is 1. The fraction of sp³-hybridized carbons (Fsp3) is 0.900. The molecule has 0 atom stereocenters. The van der Waals surface area contributed by atoms with Crippen LogP contribution >= 0.6 is 12.6 Å². The van der Waals surface area contributed by atoms with Crippen LogP contribution in [-0.4, -0.2) is 30.3 Å². The molecule has 4 nitrogen and oxygen atoms in total. The van der Waals surface area contributed by atoms with Crippen molar-refractivity contribution >= 4 is 18.6 Å². The summed E-state index contributed by atoms with van der Waals surface area (Å²) in [6.45, 7) is 1.72. The van der Waals surface area contributed by atoms with E-state index in [0.29, 0.717) is 11.3 Å². The van der Waals surface area contributed by atoms with Gasteiger partial charge in [0.1, 0.15) is 0 Å². The molecule has 0 amide bonds. The predicted molar refractivity (Wildman–Crippen MR) is 68.3 cm³/mol. The average Bonchev–Trinajstić information content (AvgIpc) is 2.20. The van der Waals surface area contributed by atoms with Crippen molar-refractivity contribution in [2.45, 2.75) is 43.4 Å². The van der Waals surface area contributed by atoms with E-state index in [-0.39, 0.29) is 5.96 Å². The molecule has 88 valence electrons. The van der Waals surface area contributed by atoms with Gasteiger partial charge in [-0.2, -0.15) is 12.6 Å². The Hall–Kier alpha value is -0.420. The quantitative estimate of drug-likeness (QED) is 0.240. The standard InChI is InChI=1S/C10H22N4S/c11-10(12)14-7-1-6-13-8-2-4-9(15)5-3-8/h8-9,13,15H,1-7H2,(H4,11,12,14). The maximum absolute atomic E-state index is 5.23. The Morgan fingerprint density at radius 1 is 1.27 bits per heavy atom. The fourth-order valence-electron chi connectivity index (χ4n) is 1.87. The highest BCUT2D eigenvalue weighted by Crippen LogP contribution is 2.22. The Balaban J connectivity index is 1.98. The molecule has 5 N–H and O–H groups in total. The Labute approximate surface area is 97.3 Å². The van der Waals surface area contributed by atoms with Crippen LogP contribution in [0.15, 0.2) is 4.99 Å². The number of thiol groups is 1. The van der Waals surface area contributed by atoms with Crippen LogP contribution < -0.4 is 16.8 Å². The van der Waals surface area contributed by atoms with Crippen LogP contribution in [0.1, 0.15) is 32.1 Å². The monoisotopic (exact) mass is 230 g/mol. The van der Waals surface area contributed by atoms with Crippen molar-refractivity contribution in [3.05, 3.63) is 0 Å². The van der Waals surface area contributed by atoms with Crippen LogP contribution in [0.5, 0.6) is 0 Å². The third kappa shape index (κ3) is 5.89. The van der Waals surface area contributed by atoms with Gasteiger partial charge in [-0.3, -0.25) is 4.99 Å². The van der Waals surface area contributed by atoms with Crippen molar-refractivity contribution in [3.63, 3.8) is 0 Å². The highest BCUT2D eigenvalue weighted by molar-refractivity contribution is 7.80. The maximum Gasteiger partial charge on any atom is 0.185 e. The van der Waals surface area contributed by atoms with Gasteiger partial charge in [-0.25, -0.2) is 0 Å². The van der Waals surface area contributed by atoms with Gasteiger partial charge in [0.15, 0.2) is 5.96 Å². The van der Waals surface area contributed by atoms with Gasteiger partial charge in [0.25, 0.3) is 0 Å². The molecular weight excluding hydrogens is 208 g/mol. The molecule has 0 bridgehead atoms. The number of nitrogens with one attached hydrogen (secondary N) is 1. The van der Waals surface area contributed by atoms with Gasteiger partial charge < -0.3 is 16.8 Å². The average molecular weight is 230 g/mol. The molecule has 1 saturated carbocycles. The molecule has 0 aromatic carbocycles. The molecule has 0 radical (unpaired) electrons. The molecule has 15 heavy (non-hydrogen) atoms. The first kappa shape index (κ1) is 12.6. The van der Waals surface area contributed by atoms with Gasteiger partial charge in [0, 0.05) is 17.8 Å². The largest absolute Gasteiger partial charge is 0.370 e. The molecule has 0 aromatic rings. The first-order chi connectivity index (χ1) is 7.18. The topological polar surface area (TPSA) is 76.4 Å². The minimum atomic E-state index is 0.186. The molecule has 1 aliphatic carbocycles. The van der Waals surface area contributed by atoms with E-state index in [9.17, 15) is 0 Å². The number of hydrogen-bond donors (Lipinski definition) is 4. The highest BCUT2D eigenvalue weighted by atomic mass is 32.1. The molecule has 0 aliphatic heterocycles. The molecule has 1 fully saturated rings.